The van der Waals surface area contributed by atoms with E-state index in [1.165, 1.54) is 30.3 Å². The van der Waals surface area contributed by atoms with E-state index in [2.05, 4.69) is 9.72 Å². The molecule has 1 aromatic rings. The lowest BCUT2D eigenvalue weighted by molar-refractivity contribution is -0.148. The number of cyclic esters (lactones) is 1. The predicted octanol–water partition coefficient (Wildman–Crippen LogP) is 0.857. The molecule has 0 aromatic carbocycles. The molecule has 0 bridgehead atoms. The Hall–Kier alpha value is -3.17. The van der Waals surface area contributed by atoms with Crippen molar-refractivity contribution < 1.29 is 33.4 Å². The van der Waals surface area contributed by atoms with E-state index in [9.17, 15) is 19.2 Å². The summed E-state index contributed by atoms with van der Waals surface area (Å²) in [6, 6.07) is 2.01. The molecule has 10 heteroatoms. The number of hydrogen-bond donors (Lipinski definition) is 0. The van der Waals surface area contributed by atoms with Gasteiger partial charge in [0.25, 0.3) is 5.91 Å². The third-order valence-electron chi connectivity index (χ3n) is 5.02. The van der Waals surface area contributed by atoms with Crippen LogP contribution in [0.5, 0.6) is 0 Å². The van der Waals surface area contributed by atoms with E-state index in [4.69, 9.17) is 9.47 Å². The molecular weight excluding hydrogens is 382 g/mol. The molecule has 3 rings (SSSR count). The standard InChI is InChI=1S/C19H23N3O7/c1-3-28-18(25)15-11-29-19(26)22(15)13-6-8-21(9-7-13)16(23)14-5-4-12(10-20-14)17(24)27-2/h4-5,10,13,15H,3,6-9,11H2,1-2H3. The van der Waals surface area contributed by atoms with Crippen LogP contribution in [0.2, 0.25) is 0 Å². The molecule has 10 nitrogen and oxygen atoms in total. The van der Waals surface area contributed by atoms with Crippen LogP contribution >= 0.6 is 0 Å². The van der Waals surface area contributed by atoms with Crippen molar-refractivity contribution in [3.63, 3.8) is 0 Å². The number of aromatic nitrogens is 1. The van der Waals surface area contributed by atoms with Crippen LogP contribution in [0.3, 0.4) is 0 Å². The summed E-state index contributed by atoms with van der Waals surface area (Å²) in [6.07, 6.45) is 1.79. The van der Waals surface area contributed by atoms with Gasteiger partial charge in [-0.25, -0.2) is 14.4 Å². The van der Waals surface area contributed by atoms with Gasteiger partial charge in [-0.1, -0.05) is 0 Å². The average Bonchev–Trinajstić information content (AvgIpc) is 3.14. The van der Waals surface area contributed by atoms with E-state index in [1.807, 2.05) is 0 Å². The van der Waals surface area contributed by atoms with Crippen molar-refractivity contribution >= 4 is 23.9 Å². The number of methoxy groups -OCH3 is 1. The Morgan fingerprint density at radius 3 is 2.55 bits per heavy atom. The predicted molar refractivity (Wildman–Crippen MR) is 98.1 cm³/mol. The smallest absolute Gasteiger partial charge is 0.410 e. The van der Waals surface area contributed by atoms with Gasteiger partial charge < -0.3 is 19.1 Å². The molecule has 0 N–H and O–H groups in total. The third kappa shape index (κ3) is 4.30. The van der Waals surface area contributed by atoms with Crippen molar-refractivity contribution in [3.05, 3.63) is 29.6 Å². The van der Waals surface area contributed by atoms with Gasteiger partial charge in [-0.3, -0.25) is 14.7 Å². The van der Waals surface area contributed by atoms with Crippen LogP contribution in [0, 0.1) is 0 Å². The fourth-order valence-electron chi connectivity index (χ4n) is 3.52. The van der Waals surface area contributed by atoms with Gasteiger partial charge in [-0.05, 0) is 31.9 Å². The van der Waals surface area contributed by atoms with E-state index in [0.717, 1.165) is 0 Å². The summed E-state index contributed by atoms with van der Waals surface area (Å²) in [7, 11) is 1.27. The Morgan fingerprint density at radius 2 is 1.97 bits per heavy atom. The number of rotatable bonds is 5. The van der Waals surface area contributed by atoms with Crippen LogP contribution in [0.15, 0.2) is 18.3 Å². The van der Waals surface area contributed by atoms with Gasteiger partial charge in [0, 0.05) is 25.3 Å². The second kappa shape index (κ2) is 8.89. The van der Waals surface area contributed by atoms with Crippen molar-refractivity contribution in [2.75, 3.05) is 33.4 Å². The Labute approximate surface area is 167 Å². The largest absolute Gasteiger partial charge is 0.465 e. The molecule has 2 aliphatic rings. The monoisotopic (exact) mass is 405 g/mol. The maximum absolute atomic E-state index is 12.7. The molecule has 2 amide bonds. The Kier molecular flexibility index (Phi) is 6.30. The van der Waals surface area contributed by atoms with Crippen LogP contribution in [0.1, 0.15) is 40.6 Å². The molecule has 0 spiro atoms. The van der Waals surface area contributed by atoms with Crippen molar-refractivity contribution in [1.29, 1.82) is 0 Å². The molecule has 3 heterocycles. The maximum Gasteiger partial charge on any atom is 0.410 e. The SMILES string of the molecule is CCOC(=O)C1COC(=O)N1C1CCN(C(=O)c2ccc(C(=O)OC)cn2)CC1. The zero-order valence-corrected chi connectivity index (χ0v) is 16.3. The zero-order chi connectivity index (χ0) is 21.0. The van der Waals surface area contributed by atoms with E-state index in [-0.39, 0.29) is 36.4 Å². The van der Waals surface area contributed by atoms with Gasteiger partial charge in [0.05, 0.1) is 19.3 Å². The molecule has 156 valence electrons. The zero-order valence-electron chi connectivity index (χ0n) is 16.3. The van der Waals surface area contributed by atoms with Gasteiger partial charge in [-0.2, -0.15) is 0 Å². The highest BCUT2D eigenvalue weighted by atomic mass is 16.6. The summed E-state index contributed by atoms with van der Waals surface area (Å²) < 4.78 is 14.7. The van der Waals surface area contributed by atoms with Crippen molar-refractivity contribution in [2.45, 2.75) is 31.8 Å². The fraction of sp³-hybridized carbons (Fsp3) is 0.526. The molecule has 1 unspecified atom stereocenters. The normalized spacial score (nSPS) is 19.7. The minimum absolute atomic E-state index is 0.0206. The Balaban J connectivity index is 1.61. The van der Waals surface area contributed by atoms with Gasteiger partial charge in [0.1, 0.15) is 12.3 Å². The lowest BCUT2D eigenvalue weighted by Gasteiger charge is -2.37. The average molecular weight is 405 g/mol. The fourth-order valence-corrected chi connectivity index (χ4v) is 3.52. The molecular formula is C19H23N3O7. The van der Waals surface area contributed by atoms with E-state index >= 15 is 0 Å². The van der Waals surface area contributed by atoms with Crippen molar-refractivity contribution in [3.8, 4) is 0 Å². The minimum atomic E-state index is -0.748. The molecule has 0 saturated carbocycles. The first kappa shape index (κ1) is 20.6. The Morgan fingerprint density at radius 1 is 1.24 bits per heavy atom. The lowest BCUT2D eigenvalue weighted by atomic mass is 10.0. The maximum atomic E-state index is 12.7. The molecule has 0 aliphatic carbocycles. The van der Waals surface area contributed by atoms with Gasteiger partial charge >= 0.3 is 18.0 Å². The highest BCUT2D eigenvalue weighted by Crippen LogP contribution is 2.25. The first-order chi connectivity index (χ1) is 14.0. The van der Waals surface area contributed by atoms with Crippen molar-refractivity contribution in [2.24, 2.45) is 0 Å². The molecule has 2 saturated heterocycles. The highest BCUT2D eigenvalue weighted by molar-refractivity contribution is 5.94. The molecule has 2 aliphatic heterocycles. The first-order valence-corrected chi connectivity index (χ1v) is 9.41. The number of carbonyl (C=O) groups is 4. The molecule has 1 atom stereocenters. The van der Waals surface area contributed by atoms with Crippen LogP contribution in [-0.4, -0.2) is 84.2 Å². The molecule has 0 radical (unpaired) electrons. The quantitative estimate of drug-likeness (QED) is 0.523. The first-order valence-electron chi connectivity index (χ1n) is 9.41. The van der Waals surface area contributed by atoms with E-state index in [0.29, 0.717) is 25.9 Å². The Bertz CT molecular complexity index is 787. The second-order valence-electron chi connectivity index (χ2n) is 6.70. The number of ether oxygens (including phenoxy) is 3. The number of hydrogen-bond acceptors (Lipinski definition) is 8. The number of pyridine rings is 1. The van der Waals surface area contributed by atoms with Gasteiger partial charge in [0.15, 0.2) is 6.04 Å². The summed E-state index contributed by atoms with van der Waals surface area (Å²) in [4.78, 5) is 55.5. The number of nitrogens with zero attached hydrogens (tertiary/aromatic N) is 3. The number of amides is 2. The van der Waals surface area contributed by atoms with Gasteiger partial charge in [0.2, 0.25) is 0 Å². The van der Waals surface area contributed by atoms with Crippen LogP contribution < -0.4 is 0 Å². The van der Waals surface area contributed by atoms with E-state index in [1.54, 1.807) is 11.8 Å². The summed E-state index contributed by atoms with van der Waals surface area (Å²) >= 11 is 0. The topological polar surface area (TPSA) is 115 Å². The summed E-state index contributed by atoms with van der Waals surface area (Å²) in [5, 5.41) is 0. The second-order valence-corrected chi connectivity index (χ2v) is 6.70. The number of likely N-dealkylation sites (tertiary alicyclic amines) is 1. The van der Waals surface area contributed by atoms with E-state index < -0.39 is 24.1 Å². The third-order valence-corrected chi connectivity index (χ3v) is 5.02. The number of piperidine rings is 1. The molecule has 2 fully saturated rings. The van der Waals surface area contributed by atoms with Crippen LogP contribution in [0.4, 0.5) is 4.79 Å². The summed E-state index contributed by atoms with van der Waals surface area (Å²) in [5.74, 6) is -1.26. The van der Waals surface area contributed by atoms with Gasteiger partial charge in [-0.15, -0.1) is 0 Å². The van der Waals surface area contributed by atoms with Crippen LogP contribution in [0.25, 0.3) is 0 Å². The van der Waals surface area contributed by atoms with Crippen LogP contribution in [-0.2, 0) is 19.0 Å². The summed E-state index contributed by atoms with van der Waals surface area (Å²) in [6.45, 7) is 2.72. The van der Waals surface area contributed by atoms with Crippen molar-refractivity contribution in [1.82, 2.24) is 14.8 Å². The molecule has 1 aromatic heterocycles. The minimum Gasteiger partial charge on any atom is -0.465 e. The summed E-state index contributed by atoms with van der Waals surface area (Å²) in [5.41, 5.74) is 0.487. The highest BCUT2D eigenvalue weighted by Gasteiger charge is 2.44. The number of carbonyl (C=O) groups excluding carboxylic acids is 4. The molecule has 29 heavy (non-hydrogen) atoms. The number of esters is 2. The lowest BCUT2D eigenvalue weighted by Crippen LogP contribution is -2.52.